The van der Waals surface area contributed by atoms with E-state index in [9.17, 15) is 9.59 Å². The fraction of sp³-hybridized carbons (Fsp3) is 0.308. The van der Waals surface area contributed by atoms with E-state index in [1.807, 2.05) is 18.2 Å². The van der Waals surface area contributed by atoms with Gasteiger partial charge in [-0.15, -0.1) is 11.3 Å². The number of Topliss-reactive ketones (excluding diaryl/α,β-unsaturated/α-hetero) is 1. The summed E-state index contributed by atoms with van der Waals surface area (Å²) < 4.78 is 6.29. The van der Waals surface area contributed by atoms with Crippen LogP contribution in [0.25, 0.3) is 20.7 Å². The molecule has 0 atom stereocenters. The summed E-state index contributed by atoms with van der Waals surface area (Å²) in [6, 6.07) is 5.58. The molecule has 0 bridgehead atoms. The van der Waals surface area contributed by atoms with E-state index < -0.39 is 11.8 Å². The first-order valence-electron chi connectivity index (χ1n) is 6.37. The van der Waals surface area contributed by atoms with E-state index in [4.69, 9.17) is 5.53 Å². The third-order valence-corrected chi connectivity index (χ3v) is 4.74. The summed E-state index contributed by atoms with van der Waals surface area (Å²) in [4.78, 5) is 29.9. The summed E-state index contributed by atoms with van der Waals surface area (Å²) in [5.41, 5.74) is 10.0. The molecular weight excluding hydrogens is 324 g/mol. The molecule has 0 spiro atoms. The zero-order valence-electron chi connectivity index (χ0n) is 11.7. The summed E-state index contributed by atoms with van der Waals surface area (Å²) >= 11 is 2.63. The maximum Gasteiger partial charge on any atom is 0.375 e. The van der Waals surface area contributed by atoms with Crippen LogP contribution in [0.15, 0.2) is 27.7 Å². The number of carbonyl (C=O) groups excluding carboxylic acids is 2. The highest BCUT2D eigenvalue weighted by molar-refractivity contribution is 8.01. The topological polar surface area (TPSA) is 105 Å². The highest BCUT2D eigenvalue weighted by Crippen LogP contribution is 2.30. The number of ether oxygens (including phenoxy) is 1. The highest BCUT2D eigenvalue weighted by Gasteiger charge is 2.16. The van der Waals surface area contributed by atoms with Gasteiger partial charge in [0.25, 0.3) is 0 Å². The third-order valence-electron chi connectivity index (χ3n) is 2.58. The smallest absolute Gasteiger partial charge is 0.375 e. The van der Waals surface area contributed by atoms with Crippen LogP contribution >= 0.6 is 23.1 Å². The van der Waals surface area contributed by atoms with Crippen LogP contribution in [0, 0.1) is 0 Å². The van der Waals surface area contributed by atoms with Gasteiger partial charge in [-0.25, -0.2) is 9.78 Å². The molecule has 0 aliphatic carbocycles. The van der Waals surface area contributed by atoms with Gasteiger partial charge in [-0.3, -0.25) is 4.79 Å². The Bertz CT molecular complexity index is 753. The normalized spacial score (nSPS) is 10.2. The number of fused-ring (bicyclic) bond motifs is 1. The number of thioether (sulfide) groups is 1. The van der Waals surface area contributed by atoms with Crippen LogP contribution in [0.5, 0.6) is 0 Å². The molecule has 22 heavy (non-hydrogen) atoms. The van der Waals surface area contributed by atoms with Crippen molar-refractivity contribution in [2.45, 2.75) is 17.8 Å². The molecule has 2 rings (SSSR count). The first-order valence-corrected chi connectivity index (χ1v) is 8.17. The molecule has 0 unspecified atom stereocenters. The molecule has 1 heterocycles. The minimum absolute atomic E-state index is 0.00420. The number of rotatable bonds is 7. The number of ketones is 1. The number of azide groups is 1. The van der Waals surface area contributed by atoms with Crippen LogP contribution in [0.3, 0.4) is 0 Å². The summed E-state index contributed by atoms with van der Waals surface area (Å²) in [7, 11) is 0. The Morgan fingerprint density at radius 3 is 3.05 bits per heavy atom. The van der Waals surface area contributed by atoms with Crippen LogP contribution in [0.2, 0.25) is 0 Å². The molecule has 0 saturated heterocycles. The minimum Gasteiger partial charge on any atom is -0.460 e. The quantitative estimate of drug-likeness (QED) is 0.192. The molecule has 2 aromatic rings. The first-order chi connectivity index (χ1) is 10.6. The molecule has 0 radical (unpaired) electrons. The summed E-state index contributed by atoms with van der Waals surface area (Å²) in [5, 5.41) is 3.52. The summed E-state index contributed by atoms with van der Waals surface area (Å²) in [5.74, 6) is -1.38. The van der Waals surface area contributed by atoms with Crippen LogP contribution in [0.4, 0.5) is 0 Å². The van der Waals surface area contributed by atoms with Gasteiger partial charge < -0.3 is 4.74 Å². The molecule has 0 aliphatic rings. The highest BCUT2D eigenvalue weighted by atomic mass is 32.2. The molecule has 7 nitrogen and oxygen atoms in total. The van der Waals surface area contributed by atoms with E-state index in [1.54, 1.807) is 6.92 Å². The standard InChI is InChI=1S/C13H12N4O3S2/c1-2-20-12(19)10(18)7-21-13-16-9-4-3-8(6-15-17-14)5-11(9)22-13/h3-5H,2,6-7H2,1H3. The Morgan fingerprint density at radius 1 is 1.50 bits per heavy atom. The van der Waals surface area contributed by atoms with Crippen molar-refractivity contribution in [2.24, 2.45) is 5.11 Å². The van der Waals surface area contributed by atoms with Gasteiger partial charge >= 0.3 is 5.97 Å². The minimum atomic E-state index is -0.812. The van der Waals surface area contributed by atoms with Gasteiger partial charge in [-0.05, 0) is 30.2 Å². The van der Waals surface area contributed by atoms with Crippen molar-refractivity contribution in [3.63, 3.8) is 0 Å². The maximum atomic E-state index is 11.5. The monoisotopic (exact) mass is 336 g/mol. The number of hydrogen-bond donors (Lipinski definition) is 0. The van der Waals surface area contributed by atoms with E-state index >= 15 is 0 Å². The first kappa shape index (κ1) is 16.3. The van der Waals surface area contributed by atoms with Gasteiger partial charge in [-0.1, -0.05) is 22.9 Å². The largest absolute Gasteiger partial charge is 0.460 e. The van der Waals surface area contributed by atoms with Crippen molar-refractivity contribution in [1.82, 2.24) is 4.98 Å². The molecule has 9 heteroatoms. The van der Waals surface area contributed by atoms with E-state index in [2.05, 4.69) is 19.7 Å². The number of carbonyl (C=O) groups is 2. The second-order valence-electron chi connectivity index (χ2n) is 4.10. The Balaban J connectivity index is 2.04. The lowest BCUT2D eigenvalue weighted by atomic mass is 10.2. The molecule has 0 saturated carbocycles. The van der Waals surface area contributed by atoms with Crippen molar-refractivity contribution >= 4 is 45.1 Å². The number of esters is 1. The van der Waals surface area contributed by atoms with Crippen LogP contribution in [-0.2, 0) is 20.9 Å². The van der Waals surface area contributed by atoms with Gasteiger partial charge in [0.15, 0.2) is 4.34 Å². The second-order valence-corrected chi connectivity index (χ2v) is 6.36. The molecule has 0 N–H and O–H groups in total. The van der Waals surface area contributed by atoms with Crippen molar-refractivity contribution in [1.29, 1.82) is 0 Å². The number of thiazole rings is 1. The second kappa shape index (κ2) is 7.79. The van der Waals surface area contributed by atoms with Crippen LogP contribution < -0.4 is 0 Å². The number of hydrogen-bond acceptors (Lipinski definition) is 7. The molecule has 114 valence electrons. The van der Waals surface area contributed by atoms with Crippen LogP contribution in [0.1, 0.15) is 12.5 Å². The van der Waals surface area contributed by atoms with Crippen molar-refractivity contribution in [3.8, 4) is 0 Å². The zero-order valence-corrected chi connectivity index (χ0v) is 13.3. The predicted octanol–water partition coefficient (Wildman–Crippen LogP) is 3.33. The molecule has 1 aromatic carbocycles. The number of nitrogens with zero attached hydrogens (tertiary/aromatic N) is 4. The van der Waals surface area contributed by atoms with Crippen molar-refractivity contribution < 1.29 is 14.3 Å². The SMILES string of the molecule is CCOC(=O)C(=O)CSc1nc2ccc(CN=[N+]=[N-])cc2s1. The Hall–Kier alpha value is -2.09. The predicted molar refractivity (Wildman–Crippen MR) is 84.8 cm³/mol. The van der Waals surface area contributed by atoms with E-state index in [-0.39, 0.29) is 18.9 Å². The van der Waals surface area contributed by atoms with Gasteiger partial charge in [0.1, 0.15) is 0 Å². The van der Waals surface area contributed by atoms with E-state index in [0.717, 1.165) is 15.8 Å². The fourth-order valence-corrected chi connectivity index (χ4v) is 3.60. The van der Waals surface area contributed by atoms with E-state index in [0.29, 0.717) is 4.34 Å². The lowest BCUT2D eigenvalue weighted by Crippen LogP contribution is -2.19. The molecule has 0 amide bonds. The van der Waals surface area contributed by atoms with Gasteiger partial charge in [0.05, 0.1) is 29.1 Å². The molecular formula is C13H12N4O3S2. The molecule has 0 aliphatic heterocycles. The molecule has 1 aromatic heterocycles. The number of aromatic nitrogens is 1. The summed E-state index contributed by atoms with van der Waals surface area (Å²) in [6.45, 7) is 2.12. The van der Waals surface area contributed by atoms with Crippen LogP contribution in [-0.4, -0.2) is 29.1 Å². The lowest BCUT2D eigenvalue weighted by molar-refractivity contribution is -0.152. The Morgan fingerprint density at radius 2 is 2.32 bits per heavy atom. The third kappa shape index (κ3) is 4.20. The lowest BCUT2D eigenvalue weighted by Gasteiger charge is -1.98. The van der Waals surface area contributed by atoms with Gasteiger partial charge in [0.2, 0.25) is 5.78 Å². The van der Waals surface area contributed by atoms with E-state index in [1.165, 1.54) is 23.1 Å². The van der Waals surface area contributed by atoms with Gasteiger partial charge in [-0.2, -0.15) is 0 Å². The fourth-order valence-electron chi connectivity index (χ4n) is 1.62. The average molecular weight is 336 g/mol. The number of benzene rings is 1. The Kier molecular flexibility index (Phi) is 5.76. The van der Waals surface area contributed by atoms with Crippen molar-refractivity contribution in [2.75, 3.05) is 12.4 Å². The Labute approximate surface area is 134 Å². The average Bonchev–Trinajstić information content (AvgIpc) is 2.92. The van der Waals surface area contributed by atoms with Gasteiger partial charge in [0, 0.05) is 4.91 Å². The molecule has 0 fully saturated rings. The maximum absolute atomic E-state index is 11.5. The zero-order chi connectivity index (χ0) is 15.9. The van der Waals surface area contributed by atoms with Crippen molar-refractivity contribution in [3.05, 3.63) is 34.2 Å². The summed E-state index contributed by atoms with van der Waals surface area (Å²) in [6.07, 6.45) is 0.